The van der Waals surface area contributed by atoms with Gasteiger partial charge in [0.05, 0.1) is 11.3 Å². The van der Waals surface area contributed by atoms with Gasteiger partial charge in [0.2, 0.25) is 0 Å². The van der Waals surface area contributed by atoms with Gasteiger partial charge in [-0.3, -0.25) is 19.5 Å². The minimum atomic E-state index is -0.856. The summed E-state index contributed by atoms with van der Waals surface area (Å²) in [5.41, 5.74) is 3.32. The van der Waals surface area contributed by atoms with Crippen LogP contribution >= 0.6 is 11.6 Å². The van der Waals surface area contributed by atoms with E-state index in [-0.39, 0.29) is 11.3 Å². The van der Waals surface area contributed by atoms with Crippen molar-refractivity contribution in [2.75, 3.05) is 4.90 Å². The number of hydrogen-bond donors (Lipinski definition) is 1. The number of ketones is 1. The highest BCUT2D eigenvalue weighted by molar-refractivity contribution is 6.51. The highest BCUT2D eigenvalue weighted by Crippen LogP contribution is 2.42. The van der Waals surface area contributed by atoms with Crippen molar-refractivity contribution in [2.24, 2.45) is 0 Å². The van der Waals surface area contributed by atoms with Gasteiger partial charge in [-0.2, -0.15) is 0 Å². The van der Waals surface area contributed by atoms with Gasteiger partial charge in [0, 0.05) is 22.5 Å². The van der Waals surface area contributed by atoms with Crippen molar-refractivity contribution in [1.82, 2.24) is 4.98 Å². The number of Topliss-reactive ketones (excluding diaryl/α,β-unsaturated/α-hetero) is 1. The number of anilines is 1. The molecule has 5 nitrogen and oxygen atoms in total. The Kier molecular flexibility index (Phi) is 5.14. The quantitative estimate of drug-likeness (QED) is 0.370. The summed E-state index contributed by atoms with van der Waals surface area (Å²) < 4.78 is 0. The van der Waals surface area contributed by atoms with Crippen LogP contribution in [0.15, 0.2) is 72.4 Å². The zero-order chi connectivity index (χ0) is 21.4. The molecule has 4 rings (SSSR count). The molecule has 0 spiro atoms. The Morgan fingerprint density at radius 3 is 2.50 bits per heavy atom. The third-order valence-electron chi connectivity index (χ3n) is 5.35. The summed E-state index contributed by atoms with van der Waals surface area (Å²) in [5, 5.41) is 11.5. The monoisotopic (exact) mass is 418 g/mol. The van der Waals surface area contributed by atoms with Crippen LogP contribution in [0.4, 0.5) is 5.69 Å². The number of nitrogens with zero attached hydrogens (tertiary/aromatic N) is 2. The number of benzene rings is 2. The van der Waals surface area contributed by atoms with E-state index in [4.69, 9.17) is 11.6 Å². The van der Waals surface area contributed by atoms with Gasteiger partial charge >= 0.3 is 0 Å². The Balaban J connectivity index is 1.99. The maximum atomic E-state index is 13.1. The van der Waals surface area contributed by atoms with E-state index in [0.717, 1.165) is 11.1 Å². The molecule has 1 fully saturated rings. The molecule has 150 valence electrons. The molecule has 0 radical (unpaired) electrons. The minimum Gasteiger partial charge on any atom is -0.507 e. The first-order chi connectivity index (χ1) is 14.4. The number of pyridine rings is 1. The number of rotatable bonds is 3. The number of hydrogen-bond acceptors (Lipinski definition) is 4. The summed E-state index contributed by atoms with van der Waals surface area (Å²) in [6, 6.07) is 16.5. The highest BCUT2D eigenvalue weighted by Gasteiger charge is 2.48. The Bertz CT molecular complexity index is 1190. The highest BCUT2D eigenvalue weighted by atomic mass is 35.5. The zero-order valence-corrected chi connectivity index (χ0v) is 17.2. The summed E-state index contributed by atoms with van der Waals surface area (Å²) in [5.74, 6) is -1.74. The first kappa shape index (κ1) is 19.9. The van der Waals surface area contributed by atoms with E-state index in [1.54, 1.807) is 54.7 Å². The van der Waals surface area contributed by atoms with Crippen molar-refractivity contribution in [3.63, 3.8) is 0 Å². The molecule has 0 saturated carbocycles. The molecule has 1 N–H and O–H groups in total. The topological polar surface area (TPSA) is 70.5 Å². The van der Waals surface area contributed by atoms with Crippen LogP contribution in [-0.2, 0) is 9.59 Å². The number of aliphatic hydroxyl groups is 1. The zero-order valence-electron chi connectivity index (χ0n) is 16.5. The van der Waals surface area contributed by atoms with Gasteiger partial charge in [-0.15, -0.1) is 0 Å². The van der Waals surface area contributed by atoms with Crippen molar-refractivity contribution < 1.29 is 14.7 Å². The number of aryl methyl sites for hydroxylation is 1. The summed E-state index contributed by atoms with van der Waals surface area (Å²) in [6.45, 7) is 3.84. The van der Waals surface area contributed by atoms with Crippen LogP contribution in [-0.4, -0.2) is 21.8 Å². The Morgan fingerprint density at radius 1 is 1.03 bits per heavy atom. The average molecular weight is 419 g/mol. The maximum absolute atomic E-state index is 13.1. The summed E-state index contributed by atoms with van der Waals surface area (Å²) >= 11 is 6.07. The van der Waals surface area contributed by atoms with E-state index in [1.807, 2.05) is 26.0 Å². The number of aliphatic hydroxyl groups excluding tert-OH is 1. The standard InChI is InChI=1S/C24H19ClN2O3/c1-14-7-5-11-19(15(14)2)27-21(18-10-3-4-12-26-18)20(23(29)24(27)30)22(28)16-8-6-9-17(25)13-16/h3-13,21,28H,1-2H3/b22-20+. The van der Waals surface area contributed by atoms with Crippen LogP contribution in [0.25, 0.3) is 5.76 Å². The van der Waals surface area contributed by atoms with Gasteiger partial charge in [0.25, 0.3) is 11.7 Å². The van der Waals surface area contributed by atoms with E-state index >= 15 is 0 Å². The second-order valence-corrected chi connectivity index (χ2v) is 7.59. The van der Waals surface area contributed by atoms with Crippen LogP contribution < -0.4 is 4.90 Å². The average Bonchev–Trinajstić information content (AvgIpc) is 3.01. The molecule has 1 aliphatic rings. The fraction of sp³-hybridized carbons (Fsp3) is 0.125. The van der Waals surface area contributed by atoms with Gasteiger partial charge in [-0.1, -0.05) is 41.9 Å². The SMILES string of the molecule is Cc1cccc(N2C(=O)C(=O)/C(=C(/O)c3cccc(Cl)c3)C2c2ccccn2)c1C. The number of carbonyl (C=O) groups is 2. The molecule has 2 aromatic carbocycles. The molecule has 2 heterocycles. The summed E-state index contributed by atoms with van der Waals surface area (Å²) in [6.07, 6.45) is 1.60. The molecular weight excluding hydrogens is 400 g/mol. The second-order valence-electron chi connectivity index (χ2n) is 7.15. The van der Waals surface area contributed by atoms with Crippen molar-refractivity contribution in [3.05, 3.63) is 99.8 Å². The fourth-order valence-electron chi connectivity index (χ4n) is 3.69. The molecule has 1 aliphatic heterocycles. The first-order valence-electron chi connectivity index (χ1n) is 9.44. The number of carbonyl (C=O) groups excluding carboxylic acids is 2. The number of halogens is 1. The molecule has 1 aromatic heterocycles. The molecule has 3 aromatic rings. The molecule has 0 bridgehead atoms. The van der Waals surface area contributed by atoms with Crippen LogP contribution in [0.3, 0.4) is 0 Å². The normalized spacial score (nSPS) is 18.1. The first-order valence-corrected chi connectivity index (χ1v) is 9.82. The molecule has 6 heteroatoms. The lowest BCUT2D eigenvalue weighted by atomic mass is 9.97. The molecule has 0 aliphatic carbocycles. The van der Waals surface area contributed by atoms with Crippen LogP contribution in [0, 0.1) is 13.8 Å². The van der Waals surface area contributed by atoms with Gasteiger partial charge in [-0.25, -0.2) is 0 Å². The molecular formula is C24H19ClN2O3. The van der Waals surface area contributed by atoms with Crippen LogP contribution in [0.1, 0.15) is 28.4 Å². The third kappa shape index (κ3) is 3.27. The van der Waals surface area contributed by atoms with Crippen molar-refractivity contribution in [1.29, 1.82) is 0 Å². The van der Waals surface area contributed by atoms with E-state index in [2.05, 4.69) is 4.98 Å². The van der Waals surface area contributed by atoms with Crippen molar-refractivity contribution >= 4 is 34.7 Å². The fourth-order valence-corrected chi connectivity index (χ4v) is 3.88. The molecule has 1 unspecified atom stereocenters. The lowest BCUT2D eigenvalue weighted by Gasteiger charge is -2.26. The Morgan fingerprint density at radius 2 is 1.80 bits per heavy atom. The van der Waals surface area contributed by atoms with Crippen LogP contribution in [0.5, 0.6) is 0 Å². The van der Waals surface area contributed by atoms with E-state index in [9.17, 15) is 14.7 Å². The maximum Gasteiger partial charge on any atom is 0.300 e. The number of amides is 1. The Hall–Kier alpha value is -3.44. The predicted octanol–water partition coefficient (Wildman–Crippen LogP) is 4.98. The lowest BCUT2D eigenvalue weighted by molar-refractivity contribution is -0.132. The van der Waals surface area contributed by atoms with Crippen molar-refractivity contribution in [2.45, 2.75) is 19.9 Å². The lowest BCUT2D eigenvalue weighted by Crippen LogP contribution is -2.30. The Labute approximate surface area is 179 Å². The molecule has 1 amide bonds. The van der Waals surface area contributed by atoms with E-state index in [1.165, 1.54) is 4.90 Å². The second kappa shape index (κ2) is 7.76. The summed E-state index contributed by atoms with van der Waals surface area (Å²) in [7, 11) is 0. The minimum absolute atomic E-state index is 0.0122. The molecule has 30 heavy (non-hydrogen) atoms. The summed E-state index contributed by atoms with van der Waals surface area (Å²) in [4.78, 5) is 32.0. The third-order valence-corrected chi connectivity index (χ3v) is 5.58. The van der Waals surface area contributed by atoms with E-state index in [0.29, 0.717) is 22.0 Å². The number of aromatic nitrogens is 1. The van der Waals surface area contributed by atoms with Gasteiger partial charge in [-0.05, 0) is 55.3 Å². The largest absolute Gasteiger partial charge is 0.507 e. The smallest absolute Gasteiger partial charge is 0.300 e. The van der Waals surface area contributed by atoms with Gasteiger partial charge in [0.1, 0.15) is 11.8 Å². The van der Waals surface area contributed by atoms with Crippen molar-refractivity contribution in [3.8, 4) is 0 Å². The predicted molar refractivity (Wildman–Crippen MR) is 116 cm³/mol. The molecule has 1 saturated heterocycles. The van der Waals surface area contributed by atoms with Crippen LogP contribution in [0.2, 0.25) is 5.02 Å². The van der Waals surface area contributed by atoms with Gasteiger partial charge in [0.15, 0.2) is 0 Å². The molecule has 1 atom stereocenters. The van der Waals surface area contributed by atoms with Gasteiger partial charge < -0.3 is 5.11 Å². The van der Waals surface area contributed by atoms with E-state index < -0.39 is 17.7 Å².